The highest BCUT2D eigenvalue weighted by atomic mass is 35.5. The maximum atomic E-state index is 13.4. The second-order valence-electron chi connectivity index (χ2n) is 8.75. The second-order valence-corrected chi connectivity index (χ2v) is 9.16. The molecule has 6 nitrogen and oxygen atoms in total. The normalized spacial score (nSPS) is 14.7. The van der Waals surface area contributed by atoms with Gasteiger partial charge in [-0.3, -0.25) is 9.78 Å². The Kier molecular flexibility index (Phi) is 6.87. The molecule has 0 radical (unpaired) electrons. The highest BCUT2D eigenvalue weighted by Gasteiger charge is 2.28. The largest absolute Gasteiger partial charge is 0.495 e. The smallest absolute Gasteiger partial charge is 0.339 e. The molecule has 36 heavy (non-hydrogen) atoms. The van der Waals surface area contributed by atoms with E-state index in [1.165, 1.54) is 12.7 Å². The molecule has 0 saturated heterocycles. The van der Waals surface area contributed by atoms with Gasteiger partial charge in [0.2, 0.25) is 0 Å². The second kappa shape index (κ2) is 10.4. The Balaban J connectivity index is 1.38. The van der Waals surface area contributed by atoms with Gasteiger partial charge in [-0.25, -0.2) is 4.79 Å². The molecule has 182 valence electrons. The lowest BCUT2D eigenvalue weighted by molar-refractivity contribution is -0.119. The van der Waals surface area contributed by atoms with Gasteiger partial charge in [0.05, 0.1) is 23.2 Å². The summed E-state index contributed by atoms with van der Waals surface area (Å²) in [4.78, 5) is 30.8. The first-order chi connectivity index (χ1) is 17.5. The molecular formula is C29H25ClN2O4. The number of fused-ring (bicyclic) bond motifs is 2. The zero-order valence-corrected chi connectivity index (χ0v) is 20.5. The van der Waals surface area contributed by atoms with Gasteiger partial charge in [-0.05, 0) is 60.6 Å². The summed E-state index contributed by atoms with van der Waals surface area (Å²) in [5.41, 5.74) is 4.80. The molecule has 1 aliphatic carbocycles. The minimum atomic E-state index is -0.526. The van der Waals surface area contributed by atoms with Gasteiger partial charge in [0, 0.05) is 16.8 Å². The molecule has 0 aliphatic heterocycles. The molecule has 0 saturated carbocycles. The number of anilines is 1. The summed E-state index contributed by atoms with van der Waals surface area (Å²) in [6.07, 6.45) is 2.43. The molecule has 3 aromatic carbocycles. The monoisotopic (exact) mass is 500 g/mol. The third-order valence-electron chi connectivity index (χ3n) is 6.50. The fourth-order valence-corrected chi connectivity index (χ4v) is 5.03. The summed E-state index contributed by atoms with van der Waals surface area (Å²) in [5.74, 6) is -0.193. The number of ether oxygens (including phenoxy) is 2. The van der Waals surface area contributed by atoms with Crippen molar-refractivity contribution in [1.29, 1.82) is 0 Å². The minimum absolute atomic E-state index is 0.288. The average molecular weight is 501 g/mol. The highest BCUT2D eigenvalue weighted by Crippen LogP contribution is 2.36. The molecule has 1 N–H and O–H groups in total. The van der Waals surface area contributed by atoms with E-state index in [2.05, 4.69) is 17.4 Å². The number of nitrogens with zero attached hydrogens (tertiary/aromatic N) is 1. The number of hydrogen-bond donors (Lipinski definition) is 1. The fraction of sp³-hybridized carbons (Fsp3) is 0.207. The van der Waals surface area contributed by atoms with E-state index in [0.717, 1.165) is 35.0 Å². The van der Waals surface area contributed by atoms with Gasteiger partial charge in [0.15, 0.2) is 6.61 Å². The molecule has 1 heterocycles. The van der Waals surface area contributed by atoms with Crippen LogP contribution in [0.15, 0.2) is 72.8 Å². The van der Waals surface area contributed by atoms with Crippen LogP contribution in [0.4, 0.5) is 5.69 Å². The maximum Gasteiger partial charge on any atom is 0.339 e. The number of aryl methyl sites for hydroxylation is 1. The van der Waals surface area contributed by atoms with Crippen molar-refractivity contribution in [2.24, 2.45) is 0 Å². The Hall–Kier alpha value is -3.90. The van der Waals surface area contributed by atoms with Crippen molar-refractivity contribution >= 4 is 40.1 Å². The van der Waals surface area contributed by atoms with Crippen LogP contribution in [0.1, 0.15) is 39.5 Å². The van der Waals surface area contributed by atoms with Crippen LogP contribution in [-0.4, -0.2) is 30.6 Å². The Morgan fingerprint density at radius 1 is 1.06 bits per heavy atom. The summed E-state index contributed by atoms with van der Waals surface area (Å²) < 4.78 is 10.6. The van der Waals surface area contributed by atoms with E-state index in [1.54, 1.807) is 18.2 Å². The number of hydrogen-bond acceptors (Lipinski definition) is 5. The van der Waals surface area contributed by atoms with E-state index >= 15 is 0 Å². The van der Waals surface area contributed by atoms with E-state index < -0.39 is 18.5 Å². The Labute approximate surface area is 214 Å². The number of para-hydroxylation sites is 1. The third-order valence-corrected chi connectivity index (χ3v) is 6.80. The third kappa shape index (κ3) is 4.90. The van der Waals surface area contributed by atoms with Crippen LogP contribution in [0.5, 0.6) is 5.75 Å². The van der Waals surface area contributed by atoms with Crippen LogP contribution in [0.2, 0.25) is 5.02 Å². The van der Waals surface area contributed by atoms with E-state index in [4.69, 9.17) is 26.1 Å². The number of esters is 1. The van der Waals surface area contributed by atoms with Gasteiger partial charge in [0.25, 0.3) is 5.91 Å². The Bertz CT molecular complexity index is 1440. The zero-order valence-electron chi connectivity index (χ0n) is 19.8. The SMILES string of the molecule is COc1ccc(NC(=O)COC(=O)c2c3c(nc4ccccc24)CCC(c2ccccc2)C3)cc1Cl. The molecule has 0 fully saturated rings. The average Bonchev–Trinajstić information content (AvgIpc) is 2.90. The predicted molar refractivity (Wildman–Crippen MR) is 140 cm³/mol. The maximum absolute atomic E-state index is 13.4. The number of amides is 1. The molecule has 1 unspecified atom stereocenters. The molecule has 1 aromatic heterocycles. The van der Waals surface area contributed by atoms with Crippen LogP contribution in [-0.2, 0) is 22.4 Å². The first-order valence-corrected chi connectivity index (χ1v) is 12.2. The molecule has 0 spiro atoms. The van der Waals surface area contributed by atoms with Crippen molar-refractivity contribution in [3.8, 4) is 5.75 Å². The van der Waals surface area contributed by atoms with Crippen molar-refractivity contribution in [1.82, 2.24) is 4.98 Å². The van der Waals surface area contributed by atoms with Crippen molar-refractivity contribution in [3.05, 3.63) is 100 Å². The molecule has 1 aliphatic rings. The molecule has 4 aromatic rings. The summed E-state index contributed by atoms with van der Waals surface area (Å²) in [5, 5.41) is 3.80. The van der Waals surface area contributed by atoms with E-state index in [9.17, 15) is 9.59 Å². The van der Waals surface area contributed by atoms with Crippen LogP contribution in [0.25, 0.3) is 10.9 Å². The zero-order chi connectivity index (χ0) is 25.1. The topological polar surface area (TPSA) is 77.5 Å². The van der Waals surface area contributed by atoms with Gasteiger partial charge >= 0.3 is 5.97 Å². The van der Waals surface area contributed by atoms with Crippen LogP contribution in [0, 0.1) is 0 Å². The van der Waals surface area contributed by atoms with E-state index in [0.29, 0.717) is 28.4 Å². The number of nitrogens with one attached hydrogen (secondary N) is 1. The van der Waals surface area contributed by atoms with Gasteiger partial charge in [-0.1, -0.05) is 60.1 Å². The molecular weight excluding hydrogens is 476 g/mol. The number of methoxy groups -OCH3 is 1. The predicted octanol–water partition coefficient (Wildman–Crippen LogP) is 5.96. The number of carbonyl (C=O) groups is 2. The van der Waals surface area contributed by atoms with Crippen LogP contribution >= 0.6 is 11.6 Å². The lowest BCUT2D eigenvalue weighted by Gasteiger charge is -2.26. The highest BCUT2D eigenvalue weighted by molar-refractivity contribution is 6.32. The molecule has 5 rings (SSSR count). The number of aromatic nitrogens is 1. The molecule has 7 heteroatoms. The van der Waals surface area contributed by atoms with E-state index in [1.807, 2.05) is 42.5 Å². The summed E-state index contributed by atoms with van der Waals surface area (Å²) >= 11 is 6.13. The van der Waals surface area contributed by atoms with Crippen molar-refractivity contribution in [2.45, 2.75) is 25.2 Å². The van der Waals surface area contributed by atoms with Crippen molar-refractivity contribution in [2.75, 3.05) is 19.0 Å². The Morgan fingerprint density at radius 3 is 2.61 bits per heavy atom. The van der Waals surface area contributed by atoms with E-state index in [-0.39, 0.29) is 5.92 Å². The number of rotatable bonds is 6. The van der Waals surface area contributed by atoms with Crippen molar-refractivity contribution < 1.29 is 19.1 Å². The quantitative estimate of drug-likeness (QED) is 0.330. The Morgan fingerprint density at radius 2 is 1.83 bits per heavy atom. The number of pyridine rings is 1. The number of benzene rings is 3. The van der Waals surface area contributed by atoms with Gasteiger partial charge in [0.1, 0.15) is 5.75 Å². The fourth-order valence-electron chi connectivity index (χ4n) is 4.78. The van der Waals surface area contributed by atoms with Gasteiger partial charge in [-0.2, -0.15) is 0 Å². The van der Waals surface area contributed by atoms with Gasteiger partial charge in [-0.15, -0.1) is 0 Å². The molecule has 1 amide bonds. The molecule has 1 atom stereocenters. The van der Waals surface area contributed by atoms with Crippen molar-refractivity contribution in [3.63, 3.8) is 0 Å². The lowest BCUT2D eigenvalue weighted by atomic mass is 9.80. The minimum Gasteiger partial charge on any atom is -0.495 e. The standard InChI is InChI=1S/C29H25ClN2O4/c1-35-26-14-12-20(16-23(26)30)31-27(33)17-36-29(34)28-21-9-5-6-10-24(21)32-25-13-11-19(15-22(25)28)18-7-3-2-4-8-18/h2-10,12,14,16,19H,11,13,15,17H2,1H3,(H,31,33). The lowest BCUT2D eigenvalue weighted by Crippen LogP contribution is -2.23. The van der Waals surface area contributed by atoms with Crippen LogP contribution in [0.3, 0.4) is 0 Å². The molecule has 0 bridgehead atoms. The van der Waals surface area contributed by atoms with Crippen LogP contribution < -0.4 is 10.1 Å². The summed E-state index contributed by atoms with van der Waals surface area (Å²) in [6.45, 7) is -0.421. The number of halogens is 1. The first kappa shape index (κ1) is 23.8. The first-order valence-electron chi connectivity index (χ1n) is 11.8. The summed E-state index contributed by atoms with van der Waals surface area (Å²) in [7, 11) is 1.52. The summed E-state index contributed by atoms with van der Waals surface area (Å²) in [6, 6.07) is 22.8. The van der Waals surface area contributed by atoms with Gasteiger partial charge < -0.3 is 14.8 Å². The number of carbonyl (C=O) groups excluding carboxylic acids is 2.